The minimum Gasteiger partial charge on any atom is -0.454 e. The molecule has 2 aromatic rings. The summed E-state index contributed by atoms with van der Waals surface area (Å²) >= 11 is 0. The smallest absolute Gasteiger partial charge is 0.231 e. The number of hydrogen-bond acceptors (Lipinski definition) is 3. The predicted octanol–water partition coefficient (Wildman–Crippen LogP) is 2.88. The summed E-state index contributed by atoms with van der Waals surface area (Å²) in [5, 5.41) is 3.05. The first-order valence-electron chi connectivity index (χ1n) is 8.02. The van der Waals surface area contributed by atoms with Crippen LogP contribution < -0.4 is 14.8 Å². The van der Waals surface area contributed by atoms with E-state index in [-0.39, 0.29) is 18.6 Å². The van der Waals surface area contributed by atoms with E-state index in [1.54, 1.807) is 0 Å². The molecule has 4 rings (SSSR count). The van der Waals surface area contributed by atoms with Gasteiger partial charge in [-0.2, -0.15) is 0 Å². The lowest BCUT2D eigenvalue weighted by molar-refractivity contribution is -0.122. The summed E-state index contributed by atoms with van der Waals surface area (Å²) in [5.74, 6) is 2.28. The van der Waals surface area contributed by atoms with Gasteiger partial charge in [-0.15, -0.1) is 0 Å². The van der Waals surface area contributed by atoms with Crippen molar-refractivity contribution in [2.24, 2.45) is 5.92 Å². The molecule has 0 aromatic heterocycles. The van der Waals surface area contributed by atoms with Crippen LogP contribution in [0, 0.1) is 5.92 Å². The molecule has 1 amide bonds. The van der Waals surface area contributed by atoms with Crippen LogP contribution in [-0.4, -0.2) is 19.2 Å². The normalized spacial score (nSPS) is 21.0. The summed E-state index contributed by atoms with van der Waals surface area (Å²) in [4.78, 5) is 12.2. The van der Waals surface area contributed by atoms with Gasteiger partial charge < -0.3 is 14.8 Å². The molecule has 1 N–H and O–H groups in total. The second kappa shape index (κ2) is 5.95. The highest BCUT2D eigenvalue weighted by atomic mass is 16.7. The summed E-state index contributed by atoms with van der Waals surface area (Å²) in [5.41, 5.74) is 2.41. The molecular formula is C19H19NO3. The summed E-state index contributed by atoms with van der Waals surface area (Å²) in [6, 6.07) is 16.2. The molecule has 1 heterocycles. The fraction of sp³-hybridized carbons (Fsp3) is 0.316. The van der Waals surface area contributed by atoms with Gasteiger partial charge in [-0.1, -0.05) is 36.4 Å². The third-order valence-electron chi connectivity index (χ3n) is 4.50. The van der Waals surface area contributed by atoms with Gasteiger partial charge >= 0.3 is 0 Å². The second-order valence-electron chi connectivity index (χ2n) is 6.09. The third kappa shape index (κ3) is 3.02. The molecular weight excluding hydrogens is 290 g/mol. The number of benzene rings is 2. The zero-order valence-electron chi connectivity index (χ0n) is 12.8. The first-order chi connectivity index (χ1) is 11.3. The van der Waals surface area contributed by atoms with Crippen molar-refractivity contribution >= 4 is 5.91 Å². The standard InChI is InChI=1S/C19H19NO3/c21-19(16-11-15(16)14-4-2-1-3-5-14)20-9-8-13-6-7-17-18(10-13)23-12-22-17/h1-7,10,15-16H,8-9,11-12H2,(H,20,21). The van der Waals surface area contributed by atoms with Crippen LogP contribution in [0.1, 0.15) is 23.5 Å². The van der Waals surface area contributed by atoms with E-state index in [0.717, 1.165) is 29.9 Å². The van der Waals surface area contributed by atoms with Gasteiger partial charge in [0.2, 0.25) is 12.7 Å². The van der Waals surface area contributed by atoms with Crippen LogP contribution in [0.2, 0.25) is 0 Å². The molecule has 0 radical (unpaired) electrons. The average molecular weight is 309 g/mol. The largest absolute Gasteiger partial charge is 0.454 e. The molecule has 1 aliphatic carbocycles. The van der Waals surface area contributed by atoms with Crippen molar-refractivity contribution < 1.29 is 14.3 Å². The Hall–Kier alpha value is -2.49. The van der Waals surface area contributed by atoms with E-state index in [2.05, 4.69) is 17.4 Å². The molecule has 2 unspecified atom stereocenters. The molecule has 4 nitrogen and oxygen atoms in total. The van der Waals surface area contributed by atoms with Crippen LogP contribution in [0.15, 0.2) is 48.5 Å². The number of nitrogens with one attached hydrogen (secondary N) is 1. The van der Waals surface area contributed by atoms with Crippen molar-refractivity contribution in [2.75, 3.05) is 13.3 Å². The predicted molar refractivity (Wildman–Crippen MR) is 86.6 cm³/mol. The Labute approximate surface area is 135 Å². The lowest BCUT2D eigenvalue weighted by atomic mass is 10.1. The summed E-state index contributed by atoms with van der Waals surface area (Å²) in [6.45, 7) is 0.939. The maximum Gasteiger partial charge on any atom is 0.231 e. The van der Waals surface area contributed by atoms with Crippen molar-refractivity contribution in [1.82, 2.24) is 5.32 Å². The highest BCUT2D eigenvalue weighted by Crippen LogP contribution is 2.47. The van der Waals surface area contributed by atoms with Crippen LogP contribution in [0.25, 0.3) is 0 Å². The van der Waals surface area contributed by atoms with Gasteiger partial charge in [0.05, 0.1) is 0 Å². The molecule has 0 spiro atoms. The van der Waals surface area contributed by atoms with Crippen LogP contribution >= 0.6 is 0 Å². The number of fused-ring (bicyclic) bond motifs is 1. The molecule has 4 heteroatoms. The lowest BCUT2D eigenvalue weighted by Crippen LogP contribution is -2.27. The van der Waals surface area contributed by atoms with E-state index in [0.29, 0.717) is 12.5 Å². The first-order valence-corrected chi connectivity index (χ1v) is 8.02. The van der Waals surface area contributed by atoms with Gasteiger partial charge in [0, 0.05) is 12.5 Å². The van der Waals surface area contributed by atoms with E-state index < -0.39 is 0 Å². The molecule has 1 saturated carbocycles. The van der Waals surface area contributed by atoms with Crippen molar-refractivity contribution in [3.63, 3.8) is 0 Å². The maximum absolute atomic E-state index is 12.2. The SMILES string of the molecule is O=C(NCCc1ccc2c(c1)OCO2)C1CC1c1ccccc1. The zero-order chi connectivity index (χ0) is 15.6. The molecule has 23 heavy (non-hydrogen) atoms. The Morgan fingerprint density at radius 2 is 1.91 bits per heavy atom. The van der Waals surface area contributed by atoms with Crippen molar-refractivity contribution in [2.45, 2.75) is 18.8 Å². The van der Waals surface area contributed by atoms with Crippen molar-refractivity contribution in [3.8, 4) is 11.5 Å². The fourth-order valence-electron chi connectivity index (χ4n) is 3.11. The quantitative estimate of drug-likeness (QED) is 0.924. The number of amides is 1. The van der Waals surface area contributed by atoms with E-state index >= 15 is 0 Å². The van der Waals surface area contributed by atoms with E-state index in [1.807, 2.05) is 36.4 Å². The minimum absolute atomic E-state index is 0.133. The van der Waals surface area contributed by atoms with Gasteiger partial charge in [-0.25, -0.2) is 0 Å². The van der Waals surface area contributed by atoms with Gasteiger partial charge in [0.25, 0.3) is 0 Å². The molecule has 2 aromatic carbocycles. The minimum atomic E-state index is 0.133. The lowest BCUT2D eigenvalue weighted by Gasteiger charge is -2.06. The first kappa shape index (κ1) is 14.1. The number of rotatable bonds is 5. The van der Waals surface area contributed by atoms with Crippen molar-refractivity contribution in [3.05, 3.63) is 59.7 Å². The highest BCUT2D eigenvalue weighted by molar-refractivity contribution is 5.82. The summed E-state index contributed by atoms with van der Waals surface area (Å²) in [7, 11) is 0. The van der Waals surface area contributed by atoms with Gasteiger partial charge in [-0.05, 0) is 42.0 Å². The summed E-state index contributed by atoms with van der Waals surface area (Å²) in [6.07, 6.45) is 1.75. The maximum atomic E-state index is 12.2. The van der Waals surface area contributed by atoms with Crippen molar-refractivity contribution in [1.29, 1.82) is 0 Å². The molecule has 2 atom stereocenters. The van der Waals surface area contributed by atoms with Crippen LogP contribution in [0.4, 0.5) is 0 Å². The Kier molecular flexibility index (Phi) is 3.66. The molecule has 0 saturated heterocycles. The topological polar surface area (TPSA) is 47.6 Å². The number of carbonyl (C=O) groups is 1. The third-order valence-corrected chi connectivity index (χ3v) is 4.50. The van der Waals surface area contributed by atoms with Crippen LogP contribution in [-0.2, 0) is 11.2 Å². The van der Waals surface area contributed by atoms with Gasteiger partial charge in [0.1, 0.15) is 0 Å². The Balaban J connectivity index is 1.26. The number of hydrogen-bond donors (Lipinski definition) is 1. The Morgan fingerprint density at radius 1 is 1.09 bits per heavy atom. The zero-order valence-corrected chi connectivity index (χ0v) is 12.8. The fourth-order valence-corrected chi connectivity index (χ4v) is 3.11. The number of carbonyl (C=O) groups excluding carboxylic acids is 1. The van der Waals surface area contributed by atoms with Crippen LogP contribution in [0.5, 0.6) is 11.5 Å². The highest BCUT2D eigenvalue weighted by Gasteiger charge is 2.43. The molecule has 2 aliphatic rings. The van der Waals surface area contributed by atoms with E-state index in [9.17, 15) is 4.79 Å². The van der Waals surface area contributed by atoms with Gasteiger partial charge in [0.15, 0.2) is 11.5 Å². The number of ether oxygens (including phenoxy) is 2. The molecule has 1 fully saturated rings. The molecule has 118 valence electrons. The average Bonchev–Trinajstić information content (AvgIpc) is 3.26. The summed E-state index contributed by atoms with van der Waals surface area (Å²) < 4.78 is 10.7. The monoisotopic (exact) mass is 309 g/mol. The van der Waals surface area contributed by atoms with E-state index in [4.69, 9.17) is 9.47 Å². The van der Waals surface area contributed by atoms with E-state index in [1.165, 1.54) is 5.56 Å². The Bertz CT molecular complexity index is 714. The Morgan fingerprint density at radius 3 is 2.78 bits per heavy atom. The van der Waals surface area contributed by atoms with Gasteiger partial charge in [-0.3, -0.25) is 4.79 Å². The molecule has 0 bridgehead atoms. The van der Waals surface area contributed by atoms with Crippen LogP contribution in [0.3, 0.4) is 0 Å². The molecule has 1 aliphatic heterocycles. The second-order valence-corrected chi connectivity index (χ2v) is 6.09.